The molecule has 0 aliphatic carbocycles. The molecular formula is C16H11IN2O. The summed E-state index contributed by atoms with van der Waals surface area (Å²) < 4.78 is 1.13. The highest BCUT2D eigenvalue weighted by molar-refractivity contribution is 14.1. The first-order chi connectivity index (χ1) is 9.74. The topological polar surface area (TPSA) is 42.0 Å². The Kier molecular flexibility index (Phi) is 3.64. The molecule has 0 unspecified atom stereocenters. The third-order valence-electron chi connectivity index (χ3n) is 3.00. The predicted molar refractivity (Wildman–Crippen MR) is 88.9 cm³/mol. The maximum absolute atomic E-state index is 12.4. The van der Waals surface area contributed by atoms with Gasteiger partial charge in [-0.15, -0.1) is 0 Å². The van der Waals surface area contributed by atoms with Crippen LogP contribution in [0.4, 0.5) is 5.69 Å². The van der Waals surface area contributed by atoms with Gasteiger partial charge in [0.25, 0.3) is 5.91 Å². The van der Waals surface area contributed by atoms with E-state index in [0.717, 1.165) is 20.2 Å². The van der Waals surface area contributed by atoms with Gasteiger partial charge in [-0.25, -0.2) is 0 Å². The first kappa shape index (κ1) is 13.1. The molecule has 1 amide bonds. The van der Waals surface area contributed by atoms with Crippen molar-refractivity contribution in [2.24, 2.45) is 0 Å². The van der Waals surface area contributed by atoms with Crippen molar-refractivity contribution in [2.75, 3.05) is 5.32 Å². The normalized spacial score (nSPS) is 10.4. The summed E-state index contributed by atoms with van der Waals surface area (Å²) in [6, 6.07) is 17.1. The van der Waals surface area contributed by atoms with Crippen LogP contribution in [0.5, 0.6) is 0 Å². The second-order valence-corrected chi connectivity index (χ2v) is 5.58. The lowest BCUT2D eigenvalue weighted by Crippen LogP contribution is -2.12. The summed E-state index contributed by atoms with van der Waals surface area (Å²) in [5.41, 5.74) is 2.24. The number of carbonyl (C=O) groups excluding carboxylic acids is 1. The van der Waals surface area contributed by atoms with Crippen LogP contribution < -0.4 is 5.32 Å². The molecule has 3 rings (SSSR count). The van der Waals surface area contributed by atoms with Crippen molar-refractivity contribution in [3.63, 3.8) is 0 Å². The quantitative estimate of drug-likeness (QED) is 0.687. The highest BCUT2D eigenvalue weighted by atomic mass is 127. The van der Waals surface area contributed by atoms with Gasteiger partial charge in [0.2, 0.25) is 0 Å². The molecule has 0 saturated carbocycles. The molecule has 0 fully saturated rings. The molecule has 4 heteroatoms. The van der Waals surface area contributed by atoms with Gasteiger partial charge in [-0.1, -0.05) is 18.2 Å². The Morgan fingerprint density at radius 2 is 1.75 bits per heavy atom. The average Bonchev–Trinajstić information content (AvgIpc) is 2.49. The van der Waals surface area contributed by atoms with Gasteiger partial charge in [0.1, 0.15) is 0 Å². The fourth-order valence-corrected chi connectivity index (χ4v) is 2.39. The van der Waals surface area contributed by atoms with Crippen LogP contribution in [-0.2, 0) is 0 Å². The van der Waals surface area contributed by atoms with Crippen molar-refractivity contribution in [3.8, 4) is 0 Å². The van der Waals surface area contributed by atoms with Gasteiger partial charge in [-0.2, -0.15) is 0 Å². The molecule has 0 saturated heterocycles. The summed E-state index contributed by atoms with van der Waals surface area (Å²) in [6.45, 7) is 0. The Morgan fingerprint density at radius 1 is 1.00 bits per heavy atom. The van der Waals surface area contributed by atoms with Crippen molar-refractivity contribution in [3.05, 3.63) is 69.9 Å². The number of nitrogens with zero attached hydrogens (tertiary/aromatic N) is 1. The maximum atomic E-state index is 12.4. The summed E-state index contributed by atoms with van der Waals surface area (Å²) in [7, 11) is 0. The monoisotopic (exact) mass is 374 g/mol. The van der Waals surface area contributed by atoms with Gasteiger partial charge in [0.15, 0.2) is 0 Å². The Morgan fingerprint density at radius 3 is 2.55 bits per heavy atom. The number of hydrogen-bond acceptors (Lipinski definition) is 2. The van der Waals surface area contributed by atoms with Crippen LogP contribution in [0, 0.1) is 3.57 Å². The lowest BCUT2D eigenvalue weighted by molar-refractivity contribution is 0.102. The van der Waals surface area contributed by atoms with E-state index in [4.69, 9.17) is 0 Å². The predicted octanol–water partition coefficient (Wildman–Crippen LogP) is 4.09. The van der Waals surface area contributed by atoms with Crippen LogP contribution >= 0.6 is 22.6 Å². The lowest BCUT2D eigenvalue weighted by Gasteiger charge is -2.07. The summed E-state index contributed by atoms with van der Waals surface area (Å²) in [5.74, 6) is -0.121. The number of para-hydroxylation sites is 1. The van der Waals surface area contributed by atoms with Gasteiger partial charge in [0.05, 0.1) is 11.1 Å². The zero-order chi connectivity index (χ0) is 13.9. The number of anilines is 1. The second-order valence-electron chi connectivity index (χ2n) is 4.34. The first-order valence-electron chi connectivity index (χ1n) is 6.15. The van der Waals surface area contributed by atoms with E-state index < -0.39 is 0 Å². The van der Waals surface area contributed by atoms with Crippen molar-refractivity contribution in [2.45, 2.75) is 0 Å². The maximum Gasteiger partial charge on any atom is 0.256 e. The molecular weight excluding hydrogens is 363 g/mol. The number of pyridine rings is 1. The SMILES string of the molecule is O=C(Nc1ccc(I)cc1)c1ccnc2ccccc12. The molecule has 0 bridgehead atoms. The highest BCUT2D eigenvalue weighted by Crippen LogP contribution is 2.18. The van der Waals surface area contributed by atoms with E-state index in [1.807, 2.05) is 48.5 Å². The molecule has 0 atom stereocenters. The van der Waals surface area contributed by atoms with Crippen molar-refractivity contribution in [1.29, 1.82) is 0 Å². The third-order valence-corrected chi connectivity index (χ3v) is 3.71. The van der Waals surface area contributed by atoms with Gasteiger partial charge in [-0.3, -0.25) is 9.78 Å². The zero-order valence-corrected chi connectivity index (χ0v) is 12.7. The van der Waals surface area contributed by atoms with E-state index in [9.17, 15) is 4.79 Å². The van der Waals surface area contributed by atoms with Gasteiger partial charge in [-0.05, 0) is 59.0 Å². The molecule has 1 heterocycles. The number of fused-ring (bicyclic) bond motifs is 1. The first-order valence-corrected chi connectivity index (χ1v) is 7.22. The number of aromatic nitrogens is 1. The largest absolute Gasteiger partial charge is 0.322 e. The van der Waals surface area contributed by atoms with E-state index in [1.54, 1.807) is 12.3 Å². The molecule has 3 nitrogen and oxygen atoms in total. The van der Waals surface area contributed by atoms with E-state index in [2.05, 4.69) is 32.9 Å². The van der Waals surface area contributed by atoms with Crippen molar-refractivity contribution >= 4 is 45.1 Å². The van der Waals surface area contributed by atoms with E-state index in [0.29, 0.717) is 5.56 Å². The van der Waals surface area contributed by atoms with Crippen LogP contribution in [0.2, 0.25) is 0 Å². The number of nitrogens with one attached hydrogen (secondary N) is 1. The average molecular weight is 374 g/mol. The number of benzene rings is 2. The molecule has 0 spiro atoms. The number of amides is 1. The minimum atomic E-state index is -0.121. The van der Waals surface area contributed by atoms with Gasteiger partial charge in [0, 0.05) is 20.8 Å². The van der Waals surface area contributed by atoms with Gasteiger partial charge < -0.3 is 5.32 Å². The van der Waals surface area contributed by atoms with E-state index in [-0.39, 0.29) is 5.91 Å². The summed E-state index contributed by atoms with van der Waals surface area (Å²) in [4.78, 5) is 16.6. The fraction of sp³-hybridized carbons (Fsp3) is 0. The Labute approximate surface area is 130 Å². The summed E-state index contributed by atoms with van der Waals surface area (Å²) in [6.07, 6.45) is 1.66. The van der Waals surface area contributed by atoms with Crippen molar-refractivity contribution < 1.29 is 4.79 Å². The number of hydrogen-bond donors (Lipinski definition) is 1. The minimum Gasteiger partial charge on any atom is -0.322 e. The molecule has 1 N–H and O–H groups in total. The van der Waals surface area contributed by atoms with Crippen LogP contribution in [0.1, 0.15) is 10.4 Å². The smallest absolute Gasteiger partial charge is 0.256 e. The molecule has 0 radical (unpaired) electrons. The Balaban J connectivity index is 1.94. The lowest BCUT2D eigenvalue weighted by atomic mass is 10.1. The van der Waals surface area contributed by atoms with Crippen molar-refractivity contribution in [1.82, 2.24) is 4.98 Å². The second kappa shape index (κ2) is 5.58. The van der Waals surface area contributed by atoms with Gasteiger partial charge >= 0.3 is 0 Å². The fourth-order valence-electron chi connectivity index (χ4n) is 2.03. The standard InChI is InChI=1S/C16H11IN2O/c17-11-5-7-12(8-6-11)19-16(20)14-9-10-18-15-4-2-1-3-13(14)15/h1-10H,(H,19,20). The number of halogens is 1. The molecule has 0 aliphatic heterocycles. The van der Waals surface area contributed by atoms with Crippen LogP contribution in [-0.4, -0.2) is 10.9 Å². The number of carbonyl (C=O) groups is 1. The summed E-state index contributed by atoms with van der Waals surface area (Å²) in [5, 5.41) is 3.77. The molecule has 2 aromatic carbocycles. The number of rotatable bonds is 2. The highest BCUT2D eigenvalue weighted by Gasteiger charge is 2.10. The molecule has 20 heavy (non-hydrogen) atoms. The van der Waals surface area contributed by atoms with Crippen LogP contribution in [0.3, 0.4) is 0 Å². The van der Waals surface area contributed by atoms with E-state index in [1.165, 1.54) is 0 Å². The zero-order valence-electron chi connectivity index (χ0n) is 10.5. The summed E-state index contributed by atoms with van der Waals surface area (Å²) >= 11 is 2.23. The van der Waals surface area contributed by atoms with Crippen LogP contribution in [0.25, 0.3) is 10.9 Å². The molecule has 0 aliphatic rings. The molecule has 3 aromatic rings. The molecule has 1 aromatic heterocycles. The Hall–Kier alpha value is -1.95. The molecule has 98 valence electrons. The Bertz CT molecular complexity index is 764. The minimum absolute atomic E-state index is 0.121. The van der Waals surface area contributed by atoms with Crippen LogP contribution in [0.15, 0.2) is 60.8 Å². The van der Waals surface area contributed by atoms with E-state index >= 15 is 0 Å². The third kappa shape index (κ3) is 2.65.